The van der Waals surface area contributed by atoms with Crippen LogP contribution in [0.3, 0.4) is 0 Å². The van der Waals surface area contributed by atoms with Crippen molar-refractivity contribution in [2.24, 2.45) is 0 Å². The SMILES string of the molecule is O=C1CCC(CCC(=O)N2CCCN(Cc3ccc(F)cc3)CC2)(Cc2cccs2)N1. The molecule has 3 heterocycles. The van der Waals surface area contributed by atoms with Gasteiger partial charge in [-0.2, -0.15) is 0 Å². The molecule has 2 aromatic rings. The van der Waals surface area contributed by atoms with Crippen LogP contribution in [0, 0.1) is 5.82 Å². The van der Waals surface area contributed by atoms with E-state index < -0.39 is 0 Å². The Bertz CT molecular complexity index is 887. The molecule has 166 valence electrons. The van der Waals surface area contributed by atoms with Gasteiger partial charge in [-0.15, -0.1) is 11.3 Å². The zero-order chi connectivity index (χ0) is 21.7. The lowest BCUT2D eigenvalue weighted by molar-refractivity contribution is -0.131. The van der Waals surface area contributed by atoms with Crippen molar-refractivity contribution < 1.29 is 14.0 Å². The first-order chi connectivity index (χ1) is 15.0. The number of carbonyl (C=O) groups excluding carboxylic acids is 2. The Balaban J connectivity index is 1.29. The van der Waals surface area contributed by atoms with Crippen molar-refractivity contribution in [3.8, 4) is 0 Å². The zero-order valence-electron chi connectivity index (χ0n) is 17.8. The molecule has 2 amide bonds. The average molecular weight is 444 g/mol. The summed E-state index contributed by atoms with van der Waals surface area (Å²) in [6.07, 6.45) is 4.22. The fourth-order valence-corrected chi connectivity index (χ4v) is 5.51. The van der Waals surface area contributed by atoms with Gasteiger partial charge in [-0.05, 0) is 48.4 Å². The van der Waals surface area contributed by atoms with Gasteiger partial charge < -0.3 is 10.2 Å². The second kappa shape index (κ2) is 9.92. The average Bonchev–Trinajstić information content (AvgIpc) is 3.33. The summed E-state index contributed by atoms with van der Waals surface area (Å²) in [6.45, 7) is 4.01. The van der Waals surface area contributed by atoms with Crippen LogP contribution in [0.5, 0.6) is 0 Å². The molecule has 0 bridgehead atoms. The third-order valence-corrected chi connectivity index (χ3v) is 7.28. The van der Waals surface area contributed by atoms with Crippen molar-refractivity contribution >= 4 is 23.2 Å². The number of nitrogens with one attached hydrogen (secondary N) is 1. The van der Waals surface area contributed by atoms with Crippen LogP contribution in [0.2, 0.25) is 0 Å². The van der Waals surface area contributed by atoms with Gasteiger partial charge in [-0.3, -0.25) is 14.5 Å². The molecule has 7 heteroatoms. The summed E-state index contributed by atoms with van der Waals surface area (Å²) in [5.74, 6) is 0.0530. The van der Waals surface area contributed by atoms with Gasteiger partial charge in [0.1, 0.15) is 5.82 Å². The quantitative estimate of drug-likeness (QED) is 0.712. The summed E-state index contributed by atoms with van der Waals surface area (Å²) < 4.78 is 13.1. The molecule has 4 rings (SSSR count). The van der Waals surface area contributed by atoms with Crippen molar-refractivity contribution in [1.29, 1.82) is 0 Å². The third kappa shape index (κ3) is 5.92. The molecule has 2 fully saturated rings. The van der Waals surface area contributed by atoms with Crippen molar-refractivity contribution in [2.45, 2.75) is 50.6 Å². The Morgan fingerprint density at radius 1 is 1.13 bits per heavy atom. The minimum Gasteiger partial charge on any atom is -0.350 e. The molecule has 0 aliphatic carbocycles. The van der Waals surface area contributed by atoms with E-state index in [9.17, 15) is 14.0 Å². The third-order valence-electron chi connectivity index (χ3n) is 6.41. The van der Waals surface area contributed by atoms with Crippen LogP contribution in [0.25, 0.3) is 0 Å². The summed E-state index contributed by atoms with van der Waals surface area (Å²) >= 11 is 1.70. The molecule has 1 aromatic heterocycles. The number of amides is 2. The maximum Gasteiger partial charge on any atom is 0.222 e. The molecule has 1 atom stereocenters. The predicted octanol–water partition coefficient (Wildman–Crippen LogP) is 3.59. The highest BCUT2D eigenvalue weighted by Crippen LogP contribution is 2.31. The largest absolute Gasteiger partial charge is 0.350 e. The van der Waals surface area contributed by atoms with Gasteiger partial charge in [0, 0.05) is 62.4 Å². The Kier molecular flexibility index (Phi) is 7.02. The number of hydrogen-bond donors (Lipinski definition) is 1. The fraction of sp³-hybridized carbons (Fsp3) is 0.500. The maximum absolute atomic E-state index is 13.1. The number of nitrogens with zero attached hydrogens (tertiary/aromatic N) is 2. The molecule has 5 nitrogen and oxygen atoms in total. The topological polar surface area (TPSA) is 52.7 Å². The van der Waals surface area contributed by atoms with Crippen molar-refractivity contribution in [2.75, 3.05) is 26.2 Å². The summed E-state index contributed by atoms with van der Waals surface area (Å²) in [5.41, 5.74) is 0.798. The van der Waals surface area contributed by atoms with Crippen molar-refractivity contribution in [1.82, 2.24) is 15.1 Å². The monoisotopic (exact) mass is 443 g/mol. The van der Waals surface area contributed by atoms with E-state index in [1.807, 2.05) is 23.1 Å². The molecule has 2 aliphatic heterocycles. The van der Waals surface area contributed by atoms with E-state index in [1.165, 1.54) is 17.0 Å². The highest BCUT2D eigenvalue weighted by atomic mass is 32.1. The summed E-state index contributed by atoms with van der Waals surface area (Å²) in [5, 5.41) is 5.23. The highest BCUT2D eigenvalue weighted by Gasteiger charge is 2.38. The lowest BCUT2D eigenvalue weighted by Crippen LogP contribution is -2.45. The number of halogens is 1. The van der Waals surface area contributed by atoms with Crippen molar-refractivity contribution in [3.05, 3.63) is 58.0 Å². The molecule has 0 spiro atoms. The molecule has 0 radical (unpaired) electrons. The molecular formula is C24H30FN3O2S. The van der Waals surface area contributed by atoms with Crippen molar-refractivity contribution in [3.63, 3.8) is 0 Å². The number of thiophene rings is 1. The Labute approximate surface area is 187 Å². The number of rotatable bonds is 7. The first-order valence-electron chi connectivity index (χ1n) is 11.1. The van der Waals surface area contributed by atoms with Gasteiger partial charge >= 0.3 is 0 Å². The molecular weight excluding hydrogens is 413 g/mol. The van der Waals surface area contributed by atoms with Gasteiger partial charge in [0.25, 0.3) is 0 Å². The summed E-state index contributed by atoms with van der Waals surface area (Å²) in [7, 11) is 0. The highest BCUT2D eigenvalue weighted by molar-refractivity contribution is 7.09. The van der Waals surface area contributed by atoms with E-state index in [0.29, 0.717) is 25.8 Å². The molecule has 2 saturated heterocycles. The van der Waals surface area contributed by atoms with Gasteiger partial charge in [0.2, 0.25) is 11.8 Å². The Morgan fingerprint density at radius 2 is 1.97 bits per heavy atom. The molecule has 2 aliphatic rings. The van der Waals surface area contributed by atoms with E-state index >= 15 is 0 Å². The van der Waals surface area contributed by atoms with E-state index in [0.717, 1.165) is 51.0 Å². The zero-order valence-corrected chi connectivity index (χ0v) is 18.6. The minimum absolute atomic E-state index is 0.0928. The lowest BCUT2D eigenvalue weighted by atomic mass is 9.87. The first-order valence-corrected chi connectivity index (χ1v) is 12.0. The van der Waals surface area contributed by atoms with E-state index in [1.54, 1.807) is 11.3 Å². The second-order valence-corrected chi connectivity index (χ2v) is 9.75. The van der Waals surface area contributed by atoms with Crippen LogP contribution in [0.1, 0.15) is 42.5 Å². The van der Waals surface area contributed by atoms with Crippen LogP contribution in [0.15, 0.2) is 41.8 Å². The van der Waals surface area contributed by atoms with E-state index in [-0.39, 0.29) is 23.2 Å². The summed E-state index contributed by atoms with van der Waals surface area (Å²) in [4.78, 5) is 30.5. The molecule has 1 N–H and O–H groups in total. The molecule has 31 heavy (non-hydrogen) atoms. The number of hydrogen-bond acceptors (Lipinski definition) is 4. The number of carbonyl (C=O) groups is 2. The molecule has 1 unspecified atom stereocenters. The predicted molar refractivity (Wildman–Crippen MR) is 120 cm³/mol. The van der Waals surface area contributed by atoms with Crippen LogP contribution < -0.4 is 5.32 Å². The Hall–Kier alpha value is -2.25. The van der Waals surface area contributed by atoms with Crippen LogP contribution >= 0.6 is 11.3 Å². The van der Waals surface area contributed by atoms with Gasteiger partial charge in [-0.25, -0.2) is 4.39 Å². The normalized spacial score (nSPS) is 22.4. The summed E-state index contributed by atoms with van der Waals surface area (Å²) in [6, 6.07) is 10.8. The van der Waals surface area contributed by atoms with Crippen LogP contribution in [-0.4, -0.2) is 53.3 Å². The molecule has 0 saturated carbocycles. The van der Waals surface area contributed by atoms with Gasteiger partial charge in [0.15, 0.2) is 0 Å². The maximum atomic E-state index is 13.1. The van der Waals surface area contributed by atoms with Gasteiger partial charge in [0.05, 0.1) is 0 Å². The van der Waals surface area contributed by atoms with E-state index in [4.69, 9.17) is 0 Å². The smallest absolute Gasteiger partial charge is 0.222 e. The second-order valence-electron chi connectivity index (χ2n) is 8.72. The number of benzene rings is 1. The van der Waals surface area contributed by atoms with Gasteiger partial charge in [-0.1, -0.05) is 18.2 Å². The van der Waals surface area contributed by atoms with Crippen LogP contribution in [0.4, 0.5) is 4.39 Å². The standard InChI is InChI=1S/C24H30FN3O2S/c25-20-6-4-19(5-7-20)18-27-12-2-13-28(15-14-27)23(30)9-11-24(10-8-22(29)26-24)17-21-3-1-16-31-21/h1,3-7,16H,2,8-15,17-18H2,(H,26,29). The van der Waals surface area contributed by atoms with E-state index in [2.05, 4.69) is 21.7 Å². The molecule has 1 aromatic carbocycles. The first kappa shape index (κ1) is 22.0. The Morgan fingerprint density at radius 3 is 2.68 bits per heavy atom. The lowest BCUT2D eigenvalue weighted by Gasteiger charge is -2.30. The van der Waals surface area contributed by atoms with Crippen LogP contribution in [-0.2, 0) is 22.6 Å². The fourth-order valence-electron chi connectivity index (χ4n) is 4.66. The minimum atomic E-state index is -0.294.